The third kappa shape index (κ3) is 2.08. The molecular weight excluding hydrogens is 238 g/mol. The van der Waals surface area contributed by atoms with Crippen LogP contribution in [0.5, 0.6) is 0 Å². The van der Waals surface area contributed by atoms with Crippen molar-refractivity contribution in [2.75, 3.05) is 0 Å². The zero-order valence-corrected chi connectivity index (χ0v) is 11.3. The first-order valence-corrected chi connectivity index (χ1v) is 7.30. The van der Waals surface area contributed by atoms with Gasteiger partial charge < -0.3 is 0 Å². The standard InChI is InChI=1S/C16H16NS/c1-2-3-7-12-8-6-11-15-16(12)17-13-9-4-5-10-14(13)18-15/h4-6,8-11H,2-3,7H2,1H3/q+1. The third-order valence-corrected chi connectivity index (χ3v) is 4.31. The summed E-state index contributed by atoms with van der Waals surface area (Å²) in [5.74, 6) is 0. The SMILES string of the molecule is CCCCc1cccc2[s+]c3ccccc3nc12. The monoisotopic (exact) mass is 254 g/mol. The molecule has 1 nitrogen and oxygen atoms in total. The van der Waals surface area contributed by atoms with Gasteiger partial charge in [-0.3, -0.25) is 0 Å². The lowest BCUT2D eigenvalue weighted by Crippen LogP contribution is -1.89. The van der Waals surface area contributed by atoms with Crippen LogP contribution in [0.15, 0.2) is 42.5 Å². The van der Waals surface area contributed by atoms with Crippen molar-refractivity contribution in [1.82, 2.24) is 4.98 Å². The minimum atomic E-state index is 1.11. The summed E-state index contributed by atoms with van der Waals surface area (Å²) in [5, 5.41) is 0. The molecule has 1 heterocycles. The molecule has 0 saturated carbocycles. The van der Waals surface area contributed by atoms with Crippen molar-refractivity contribution < 1.29 is 0 Å². The summed E-state index contributed by atoms with van der Waals surface area (Å²) in [6.45, 7) is 2.23. The molecule has 0 spiro atoms. The Hall–Kier alpha value is -1.54. The van der Waals surface area contributed by atoms with Gasteiger partial charge in [-0.2, -0.15) is 0 Å². The molecule has 3 rings (SSSR count). The van der Waals surface area contributed by atoms with Crippen molar-refractivity contribution >= 4 is 31.8 Å². The number of hydrogen-bond acceptors (Lipinski definition) is 1. The fourth-order valence-corrected chi connectivity index (χ4v) is 3.24. The lowest BCUT2D eigenvalue weighted by atomic mass is 10.1. The fraction of sp³-hybridized carbons (Fsp3) is 0.250. The van der Waals surface area contributed by atoms with Crippen LogP contribution in [0.4, 0.5) is 0 Å². The summed E-state index contributed by atoms with van der Waals surface area (Å²) in [4.78, 5) is 4.84. The Kier molecular flexibility index (Phi) is 3.20. The van der Waals surface area contributed by atoms with Crippen molar-refractivity contribution in [3.05, 3.63) is 48.0 Å². The van der Waals surface area contributed by atoms with E-state index >= 15 is 0 Å². The highest BCUT2D eigenvalue weighted by Gasteiger charge is 2.14. The number of fused-ring (bicyclic) bond motifs is 2. The van der Waals surface area contributed by atoms with Crippen LogP contribution < -0.4 is 0 Å². The minimum Gasteiger partial charge on any atom is -0.237 e. The summed E-state index contributed by atoms with van der Waals surface area (Å²) in [6, 6.07) is 14.9. The second-order valence-electron chi connectivity index (χ2n) is 4.55. The van der Waals surface area contributed by atoms with Gasteiger partial charge in [-0.25, -0.2) is 4.98 Å². The second-order valence-corrected chi connectivity index (χ2v) is 5.63. The highest BCUT2D eigenvalue weighted by atomic mass is 32.1. The zero-order chi connectivity index (χ0) is 12.4. The Bertz CT molecular complexity index is 691. The van der Waals surface area contributed by atoms with E-state index in [0.29, 0.717) is 0 Å². The van der Waals surface area contributed by atoms with E-state index in [1.807, 2.05) is 11.3 Å². The van der Waals surface area contributed by atoms with E-state index in [9.17, 15) is 0 Å². The van der Waals surface area contributed by atoms with Gasteiger partial charge in [0.1, 0.15) is 11.0 Å². The second kappa shape index (κ2) is 4.99. The van der Waals surface area contributed by atoms with Gasteiger partial charge in [0.15, 0.2) is 0 Å². The first-order chi connectivity index (χ1) is 8.88. The Morgan fingerprint density at radius 2 is 1.83 bits per heavy atom. The molecule has 0 bridgehead atoms. The van der Waals surface area contributed by atoms with Crippen molar-refractivity contribution in [2.45, 2.75) is 26.2 Å². The van der Waals surface area contributed by atoms with Gasteiger partial charge in [-0.15, -0.1) is 0 Å². The molecule has 0 radical (unpaired) electrons. The fourth-order valence-electron chi connectivity index (χ4n) is 2.22. The van der Waals surface area contributed by atoms with Crippen molar-refractivity contribution in [2.24, 2.45) is 0 Å². The van der Waals surface area contributed by atoms with Gasteiger partial charge in [0.05, 0.1) is 0 Å². The van der Waals surface area contributed by atoms with E-state index in [1.165, 1.54) is 33.3 Å². The van der Waals surface area contributed by atoms with Crippen molar-refractivity contribution in [1.29, 1.82) is 0 Å². The van der Waals surface area contributed by atoms with Crippen LogP contribution in [-0.4, -0.2) is 4.98 Å². The van der Waals surface area contributed by atoms with E-state index < -0.39 is 0 Å². The third-order valence-electron chi connectivity index (χ3n) is 3.20. The number of para-hydroxylation sites is 2. The minimum absolute atomic E-state index is 1.11. The molecule has 0 unspecified atom stereocenters. The van der Waals surface area contributed by atoms with Crippen LogP contribution in [0.3, 0.4) is 0 Å². The molecule has 0 amide bonds. The molecule has 3 aromatic rings. The van der Waals surface area contributed by atoms with Crippen LogP contribution in [0.1, 0.15) is 25.3 Å². The lowest BCUT2D eigenvalue weighted by Gasteiger charge is -2.01. The van der Waals surface area contributed by atoms with Crippen LogP contribution in [0.25, 0.3) is 20.4 Å². The summed E-state index contributed by atoms with van der Waals surface area (Å²) >= 11 is 1.84. The normalized spacial score (nSPS) is 11.2. The molecule has 18 heavy (non-hydrogen) atoms. The van der Waals surface area contributed by atoms with Gasteiger partial charge in [0.2, 0.25) is 11.3 Å². The molecule has 1 aromatic heterocycles. The molecular formula is C16H16NS+. The van der Waals surface area contributed by atoms with Gasteiger partial charge in [-0.1, -0.05) is 37.6 Å². The Balaban J connectivity index is 2.22. The van der Waals surface area contributed by atoms with E-state index in [1.54, 1.807) is 0 Å². The number of nitrogens with zero attached hydrogens (tertiary/aromatic N) is 1. The highest BCUT2D eigenvalue weighted by Crippen LogP contribution is 2.28. The summed E-state index contributed by atoms with van der Waals surface area (Å²) < 4.78 is 2.56. The number of rotatable bonds is 3. The lowest BCUT2D eigenvalue weighted by molar-refractivity contribution is 0.798. The Morgan fingerprint density at radius 3 is 2.72 bits per heavy atom. The van der Waals surface area contributed by atoms with E-state index in [0.717, 1.165) is 11.9 Å². The van der Waals surface area contributed by atoms with Crippen LogP contribution >= 0.6 is 11.3 Å². The van der Waals surface area contributed by atoms with Gasteiger partial charge in [0.25, 0.3) is 9.40 Å². The summed E-state index contributed by atoms with van der Waals surface area (Å²) in [7, 11) is 0. The Labute approximate surface area is 111 Å². The average Bonchev–Trinajstić information content (AvgIpc) is 2.43. The van der Waals surface area contributed by atoms with E-state index in [4.69, 9.17) is 4.98 Å². The molecule has 0 aliphatic carbocycles. The molecule has 90 valence electrons. The van der Waals surface area contributed by atoms with Crippen LogP contribution in [-0.2, 0) is 6.42 Å². The highest BCUT2D eigenvalue weighted by molar-refractivity contribution is 7.24. The molecule has 2 aromatic carbocycles. The number of aromatic nitrogens is 1. The predicted octanol–water partition coefficient (Wildman–Crippen LogP) is 5.07. The first kappa shape index (κ1) is 11.5. The van der Waals surface area contributed by atoms with Crippen molar-refractivity contribution in [3.8, 4) is 0 Å². The van der Waals surface area contributed by atoms with Gasteiger partial charge in [-0.05, 0) is 24.5 Å². The van der Waals surface area contributed by atoms with Crippen molar-refractivity contribution in [3.63, 3.8) is 0 Å². The van der Waals surface area contributed by atoms with Gasteiger partial charge in [0, 0.05) is 12.1 Å². The quantitative estimate of drug-likeness (QED) is 0.469. The molecule has 0 fully saturated rings. The summed E-state index contributed by atoms with van der Waals surface area (Å²) in [6.07, 6.45) is 3.59. The smallest absolute Gasteiger partial charge is 0.237 e. The molecule has 0 atom stereocenters. The van der Waals surface area contributed by atoms with Gasteiger partial charge >= 0.3 is 0 Å². The predicted molar refractivity (Wildman–Crippen MR) is 80.1 cm³/mol. The van der Waals surface area contributed by atoms with E-state index in [2.05, 4.69) is 49.4 Å². The molecule has 2 heteroatoms. The molecule has 0 N–H and O–H groups in total. The maximum Gasteiger partial charge on any atom is 0.257 e. The van der Waals surface area contributed by atoms with Crippen LogP contribution in [0, 0.1) is 0 Å². The maximum atomic E-state index is 4.84. The van der Waals surface area contributed by atoms with Crippen LogP contribution in [0.2, 0.25) is 0 Å². The van der Waals surface area contributed by atoms with E-state index in [-0.39, 0.29) is 0 Å². The molecule has 0 aliphatic heterocycles. The number of aryl methyl sites for hydroxylation is 1. The Morgan fingerprint density at radius 1 is 1.00 bits per heavy atom. The number of hydrogen-bond donors (Lipinski definition) is 0. The number of unbranched alkanes of at least 4 members (excludes halogenated alkanes) is 1. The largest absolute Gasteiger partial charge is 0.257 e. The number of benzene rings is 2. The average molecular weight is 254 g/mol. The molecule has 0 saturated heterocycles. The topological polar surface area (TPSA) is 12.9 Å². The summed E-state index contributed by atoms with van der Waals surface area (Å²) in [5.41, 5.74) is 3.69. The first-order valence-electron chi connectivity index (χ1n) is 6.49. The molecule has 0 aliphatic rings. The zero-order valence-electron chi connectivity index (χ0n) is 10.5. The maximum absolute atomic E-state index is 4.84.